The molecule has 4 aromatic rings. The number of ketones is 2. The van der Waals surface area contributed by atoms with Gasteiger partial charge in [-0.2, -0.15) is 0 Å². The van der Waals surface area contributed by atoms with Gasteiger partial charge in [0.05, 0.1) is 6.42 Å². The number of rotatable bonds is 17. The summed E-state index contributed by atoms with van der Waals surface area (Å²) in [5, 5.41) is 13.9. The van der Waals surface area contributed by atoms with Gasteiger partial charge in [-0.1, -0.05) is 56.3 Å². The van der Waals surface area contributed by atoms with E-state index in [9.17, 15) is 24.0 Å². The second-order valence-electron chi connectivity index (χ2n) is 12.0. The lowest BCUT2D eigenvalue weighted by atomic mass is 10.1. The van der Waals surface area contributed by atoms with Crippen LogP contribution >= 0.6 is 23.5 Å². The molecule has 0 fully saturated rings. The summed E-state index contributed by atoms with van der Waals surface area (Å²) in [6.07, 6.45) is 3.08. The maximum Gasteiger partial charge on any atom is 0.305 e. The van der Waals surface area contributed by atoms with Crippen LogP contribution in [-0.2, 0) is 14.4 Å². The minimum atomic E-state index is -0.882. The van der Waals surface area contributed by atoms with Crippen molar-refractivity contribution in [2.75, 3.05) is 37.3 Å². The van der Waals surface area contributed by atoms with Gasteiger partial charge in [0.2, 0.25) is 11.6 Å². The van der Waals surface area contributed by atoms with Crippen LogP contribution in [0.25, 0.3) is 0 Å². The molecule has 52 heavy (non-hydrogen) atoms. The highest BCUT2D eigenvalue weighted by Crippen LogP contribution is 2.22. The maximum absolute atomic E-state index is 12.4. The number of allylic oxidation sites excluding steroid dienone is 1. The van der Waals surface area contributed by atoms with E-state index < -0.39 is 27.8 Å². The molecule has 9 nitrogen and oxygen atoms in total. The first-order chi connectivity index (χ1) is 25.0. The molecule has 272 valence electrons. The van der Waals surface area contributed by atoms with Crippen molar-refractivity contribution in [1.29, 1.82) is 0 Å². The molecule has 4 rings (SSSR count). The standard InChI is InChI=1S/C24H30N2O2S.C17H15NO4S/c1-5-21(26(4)17-18(2)3)15-16-25-20-13-11-19(12-14-20)23(27)24(28)29-22-9-7-6-8-10-22;19-15(20)10-11-18-13-8-6-12(7-9-13)16(21)17(22)23-14-4-2-1-3-5-14/h5-14,18,25H,15-17H2,1-4H3;1-9,18H,10-11H2,(H,19,20)/b21-5-;. The zero-order valence-electron chi connectivity index (χ0n) is 29.8. The van der Waals surface area contributed by atoms with E-state index in [0.29, 0.717) is 29.3 Å². The van der Waals surface area contributed by atoms with Crippen molar-refractivity contribution in [3.05, 3.63) is 132 Å². The van der Waals surface area contributed by atoms with Gasteiger partial charge in [-0.15, -0.1) is 0 Å². The zero-order valence-corrected chi connectivity index (χ0v) is 31.5. The summed E-state index contributed by atoms with van der Waals surface area (Å²) in [6, 6.07) is 31.7. The van der Waals surface area contributed by atoms with Crippen LogP contribution in [0.3, 0.4) is 0 Å². The first-order valence-corrected chi connectivity index (χ1v) is 18.5. The number of nitrogens with zero attached hydrogens (tertiary/aromatic N) is 1. The Labute approximate surface area is 314 Å². The van der Waals surface area contributed by atoms with Crippen molar-refractivity contribution in [1.82, 2.24) is 4.90 Å². The van der Waals surface area contributed by atoms with Crippen LogP contribution in [0.2, 0.25) is 0 Å². The molecule has 0 amide bonds. The Morgan fingerprint density at radius 2 is 1.06 bits per heavy atom. The van der Waals surface area contributed by atoms with Crippen LogP contribution in [0, 0.1) is 5.92 Å². The van der Waals surface area contributed by atoms with Crippen molar-refractivity contribution in [2.45, 2.75) is 43.4 Å². The highest BCUT2D eigenvalue weighted by atomic mass is 32.2. The molecule has 0 atom stereocenters. The highest BCUT2D eigenvalue weighted by Gasteiger charge is 2.18. The summed E-state index contributed by atoms with van der Waals surface area (Å²) in [5.74, 6) is -1.29. The van der Waals surface area contributed by atoms with E-state index in [-0.39, 0.29) is 6.42 Å². The van der Waals surface area contributed by atoms with Gasteiger partial charge in [-0.05, 0) is 109 Å². The summed E-state index contributed by atoms with van der Waals surface area (Å²) < 4.78 is 0. The Hall–Kier alpha value is -5.13. The number of hydrogen-bond acceptors (Lipinski definition) is 10. The van der Waals surface area contributed by atoms with Crippen molar-refractivity contribution >= 4 is 62.7 Å². The lowest BCUT2D eigenvalue weighted by Gasteiger charge is -2.24. The van der Waals surface area contributed by atoms with Crippen molar-refractivity contribution in [3.8, 4) is 0 Å². The Bertz CT molecular complexity index is 1800. The highest BCUT2D eigenvalue weighted by molar-refractivity contribution is 8.15. The molecule has 0 heterocycles. The second-order valence-corrected chi connectivity index (χ2v) is 14.1. The first-order valence-electron chi connectivity index (χ1n) is 16.9. The summed E-state index contributed by atoms with van der Waals surface area (Å²) in [5.41, 5.74) is 3.66. The van der Waals surface area contributed by atoms with Crippen LogP contribution in [0.15, 0.2) is 131 Å². The van der Waals surface area contributed by atoms with Crippen molar-refractivity contribution < 1.29 is 29.1 Å². The van der Waals surface area contributed by atoms with Gasteiger partial charge in [0, 0.05) is 71.1 Å². The second kappa shape index (κ2) is 21.9. The third kappa shape index (κ3) is 14.6. The average molecular weight is 740 g/mol. The molecule has 0 spiro atoms. The number of anilines is 2. The van der Waals surface area contributed by atoms with Crippen LogP contribution < -0.4 is 10.6 Å². The van der Waals surface area contributed by atoms with Crippen LogP contribution in [0.1, 0.15) is 54.3 Å². The van der Waals surface area contributed by atoms with Gasteiger partial charge in [-0.3, -0.25) is 24.0 Å². The third-order valence-electron chi connectivity index (χ3n) is 7.41. The number of benzene rings is 4. The van der Waals surface area contributed by atoms with Gasteiger partial charge in [-0.25, -0.2) is 0 Å². The van der Waals surface area contributed by atoms with E-state index in [1.807, 2.05) is 48.5 Å². The molecule has 0 aliphatic rings. The summed E-state index contributed by atoms with van der Waals surface area (Å²) in [7, 11) is 2.13. The summed E-state index contributed by atoms with van der Waals surface area (Å²) >= 11 is 1.86. The SMILES string of the molecule is C/C=C(/CCNc1ccc(C(=O)C(=O)Sc2ccccc2)cc1)N(C)CC(C)C.O=C(O)CCNc1ccc(C(=O)C(=O)Sc2ccccc2)cc1. The molecule has 0 saturated carbocycles. The molecule has 0 unspecified atom stereocenters. The monoisotopic (exact) mass is 739 g/mol. The molecule has 3 N–H and O–H groups in total. The predicted molar refractivity (Wildman–Crippen MR) is 211 cm³/mol. The number of thioether (sulfide) groups is 2. The molecule has 0 saturated heterocycles. The topological polar surface area (TPSA) is 133 Å². The largest absolute Gasteiger partial charge is 0.481 e. The average Bonchev–Trinajstić information content (AvgIpc) is 3.14. The number of carbonyl (C=O) groups excluding carboxylic acids is 4. The minimum Gasteiger partial charge on any atom is -0.481 e. The minimum absolute atomic E-state index is 0.00683. The molecule has 0 aromatic heterocycles. The van der Waals surface area contributed by atoms with E-state index in [0.717, 1.165) is 58.5 Å². The van der Waals surface area contributed by atoms with Crippen LogP contribution in [-0.4, -0.2) is 64.5 Å². The Morgan fingerprint density at radius 3 is 1.42 bits per heavy atom. The fraction of sp³-hybridized carbons (Fsp3) is 0.244. The lowest BCUT2D eigenvalue weighted by molar-refractivity contribution is -0.136. The first kappa shape index (κ1) is 41.3. The van der Waals surface area contributed by atoms with Crippen LogP contribution in [0.5, 0.6) is 0 Å². The molecular weight excluding hydrogens is 695 g/mol. The van der Waals surface area contributed by atoms with E-state index in [1.54, 1.807) is 60.7 Å². The molecule has 0 aliphatic heterocycles. The van der Waals surface area contributed by atoms with E-state index >= 15 is 0 Å². The van der Waals surface area contributed by atoms with Crippen molar-refractivity contribution in [3.63, 3.8) is 0 Å². The predicted octanol–water partition coefficient (Wildman–Crippen LogP) is 8.56. The Morgan fingerprint density at radius 1 is 0.654 bits per heavy atom. The van der Waals surface area contributed by atoms with Gasteiger partial charge in [0.25, 0.3) is 10.2 Å². The van der Waals surface area contributed by atoms with Gasteiger partial charge in [0.1, 0.15) is 0 Å². The molecule has 11 heteroatoms. The van der Waals surface area contributed by atoms with Crippen molar-refractivity contribution in [2.24, 2.45) is 5.92 Å². The van der Waals surface area contributed by atoms with E-state index in [1.165, 1.54) is 5.70 Å². The Balaban J connectivity index is 0.000000288. The molecule has 0 aliphatic carbocycles. The molecular formula is C41H45N3O6S2. The molecule has 0 radical (unpaired) electrons. The fourth-order valence-corrected chi connectivity index (χ4v) is 6.30. The number of hydrogen-bond donors (Lipinski definition) is 3. The smallest absolute Gasteiger partial charge is 0.305 e. The van der Waals surface area contributed by atoms with Gasteiger partial charge < -0.3 is 20.6 Å². The van der Waals surface area contributed by atoms with E-state index in [4.69, 9.17) is 5.11 Å². The normalized spacial score (nSPS) is 10.8. The van der Waals surface area contributed by atoms with Crippen LogP contribution in [0.4, 0.5) is 11.4 Å². The van der Waals surface area contributed by atoms with Gasteiger partial charge in [0.15, 0.2) is 0 Å². The number of aliphatic carboxylic acids is 1. The quantitative estimate of drug-likeness (QED) is 0.0547. The number of carboxylic acid groups (broad SMARTS) is 1. The van der Waals surface area contributed by atoms with E-state index in [2.05, 4.69) is 49.4 Å². The number of nitrogens with one attached hydrogen (secondary N) is 2. The fourth-order valence-electron chi connectivity index (χ4n) is 4.87. The summed E-state index contributed by atoms with van der Waals surface area (Å²) in [6.45, 7) is 8.63. The zero-order chi connectivity index (χ0) is 37.9. The number of carbonyl (C=O) groups is 5. The third-order valence-corrected chi connectivity index (χ3v) is 9.17. The summed E-state index contributed by atoms with van der Waals surface area (Å²) in [4.78, 5) is 62.9. The number of Topliss-reactive ketones (excluding diaryl/α,β-unsaturated/α-hetero) is 2. The Kier molecular flexibility index (Phi) is 17.4. The number of carboxylic acids is 1. The molecule has 0 bridgehead atoms. The van der Waals surface area contributed by atoms with Gasteiger partial charge >= 0.3 is 5.97 Å². The molecule has 4 aromatic carbocycles. The lowest BCUT2D eigenvalue weighted by Crippen LogP contribution is -2.24. The maximum atomic E-state index is 12.4.